The Kier molecular flexibility index (Phi) is 3.91. The van der Waals surface area contributed by atoms with Gasteiger partial charge in [0.15, 0.2) is 0 Å². The van der Waals surface area contributed by atoms with E-state index in [4.69, 9.17) is 0 Å². The second-order valence-corrected chi connectivity index (χ2v) is 5.51. The van der Waals surface area contributed by atoms with Crippen LogP contribution in [0, 0.1) is 0 Å². The number of nitrogens with zero attached hydrogens (tertiary/aromatic N) is 3. The molecule has 1 aromatic carbocycles. The minimum atomic E-state index is -0.109. The first kappa shape index (κ1) is 14.3. The average Bonchev–Trinajstić information content (AvgIpc) is 2.95. The molecule has 1 aliphatic heterocycles. The van der Waals surface area contributed by atoms with E-state index in [1.807, 2.05) is 49.5 Å². The van der Waals surface area contributed by atoms with Crippen molar-refractivity contribution in [2.45, 2.75) is 19.4 Å². The molecular formula is C16H18N4O2. The zero-order chi connectivity index (χ0) is 15.5. The quantitative estimate of drug-likeness (QED) is 0.910. The lowest BCUT2D eigenvalue weighted by Crippen LogP contribution is -2.54. The van der Waals surface area contributed by atoms with E-state index >= 15 is 0 Å². The van der Waals surface area contributed by atoms with Gasteiger partial charge in [0.2, 0.25) is 11.8 Å². The summed E-state index contributed by atoms with van der Waals surface area (Å²) in [5, 5.41) is 7.22. The van der Waals surface area contributed by atoms with Crippen LogP contribution in [0.3, 0.4) is 0 Å². The third-order valence-corrected chi connectivity index (χ3v) is 3.59. The average molecular weight is 298 g/mol. The number of aromatic nitrogens is 2. The maximum absolute atomic E-state index is 12.3. The molecule has 2 aromatic rings. The lowest BCUT2D eigenvalue weighted by atomic mass is 10.2. The van der Waals surface area contributed by atoms with E-state index in [0.29, 0.717) is 12.2 Å². The number of hydrogen-bond donors (Lipinski definition) is 1. The van der Waals surface area contributed by atoms with Crippen molar-refractivity contribution in [3.05, 3.63) is 48.3 Å². The highest BCUT2D eigenvalue weighted by Crippen LogP contribution is 2.09. The number of piperazine rings is 1. The normalized spacial score (nSPS) is 18.1. The van der Waals surface area contributed by atoms with Crippen LogP contribution in [0.5, 0.6) is 0 Å². The molecule has 2 heterocycles. The van der Waals surface area contributed by atoms with E-state index in [0.717, 1.165) is 5.69 Å². The number of benzene rings is 1. The van der Waals surface area contributed by atoms with E-state index in [1.54, 1.807) is 9.58 Å². The smallest absolute Gasteiger partial charge is 0.239 e. The molecule has 0 saturated carbocycles. The molecule has 1 aliphatic rings. The summed E-state index contributed by atoms with van der Waals surface area (Å²) in [6.07, 6.45) is 2.04. The van der Waals surface area contributed by atoms with Gasteiger partial charge < -0.3 is 10.2 Å². The Balaban J connectivity index is 1.67. The highest BCUT2D eigenvalue weighted by Gasteiger charge is 2.25. The Morgan fingerprint density at radius 3 is 2.82 bits per heavy atom. The van der Waals surface area contributed by atoms with Crippen LogP contribution in [-0.4, -0.2) is 45.6 Å². The number of nitrogens with one attached hydrogen (secondary N) is 1. The van der Waals surface area contributed by atoms with Gasteiger partial charge in [0, 0.05) is 18.8 Å². The molecule has 1 atom stereocenters. The fraction of sp³-hybridized carbons (Fsp3) is 0.312. The predicted molar refractivity (Wildman–Crippen MR) is 81.5 cm³/mol. The summed E-state index contributed by atoms with van der Waals surface area (Å²) in [4.78, 5) is 25.4. The van der Waals surface area contributed by atoms with Gasteiger partial charge >= 0.3 is 0 Å². The number of hydrogen-bond acceptors (Lipinski definition) is 3. The molecule has 3 rings (SSSR count). The van der Waals surface area contributed by atoms with Gasteiger partial charge in [-0.3, -0.25) is 9.59 Å². The molecular weight excluding hydrogens is 280 g/mol. The van der Waals surface area contributed by atoms with Crippen LogP contribution in [0.4, 0.5) is 0 Å². The molecule has 1 fully saturated rings. The van der Waals surface area contributed by atoms with Crippen LogP contribution in [0.15, 0.2) is 42.6 Å². The van der Waals surface area contributed by atoms with Crippen molar-refractivity contribution in [2.75, 3.05) is 13.1 Å². The van der Waals surface area contributed by atoms with Crippen molar-refractivity contribution < 1.29 is 9.59 Å². The van der Waals surface area contributed by atoms with Crippen molar-refractivity contribution in [3.63, 3.8) is 0 Å². The van der Waals surface area contributed by atoms with Gasteiger partial charge in [0.05, 0.1) is 24.3 Å². The van der Waals surface area contributed by atoms with E-state index in [1.165, 1.54) is 0 Å². The molecule has 1 N–H and O–H groups in total. The maximum atomic E-state index is 12.3. The van der Waals surface area contributed by atoms with Crippen LogP contribution in [0.25, 0.3) is 5.69 Å². The molecule has 0 aliphatic carbocycles. The van der Waals surface area contributed by atoms with Crippen LogP contribution < -0.4 is 5.32 Å². The number of amides is 2. The van der Waals surface area contributed by atoms with Gasteiger partial charge in [0.1, 0.15) is 0 Å². The number of rotatable bonds is 3. The minimum absolute atomic E-state index is 0.00734. The summed E-state index contributed by atoms with van der Waals surface area (Å²) in [6.45, 7) is 2.56. The Bertz CT molecular complexity index is 680. The number of carbonyl (C=O) groups excluding carboxylic acids is 2. The van der Waals surface area contributed by atoms with Gasteiger partial charge in [-0.1, -0.05) is 18.2 Å². The third kappa shape index (κ3) is 3.16. The summed E-state index contributed by atoms with van der Waals surface area (Å²) in [5.41, 5.74) is 1.65. The SMILES string of the molecule is CC1CN(C(=O)Cc2ccn(-c3ccccc3)n2)CC(=O)N1. The Labute approximate surface area is 128 Å². The molecule has 114 valence electrons. The first-order valence-electron chi connectivity index (χ1n) is 7.29. The summed E-state index contributed by atoms with van der Waals surface area (Å²) in [5.74, 6) is -0.179. The van der Waals surface area contributed by atoms with Crippen molar-refractivity contribution in [1.29, 1.82) is 0 Å². The molecule has 6 nitrogen and oxygen atoms in total. The van der Waals surface area contributed by atoms with E-state index in [2.05, 4.69) is 10.4 Å². The Morgan fingerprint density at radius 1 is 1.32 bits per heavy atom. The molecule has 1 aromatic heterocycles. The first-order valence-corrected chi connectivity index (χ1v) is 7.29. The minimum Gasteiger partial charge on any atom is -0.350 e. The van der Waals surface area contributed by atoms with Crippen molar-refractivity contribution in [1.82, 2.24) is 20.0 Å². The number of para-hydroxylation sites is 1. The van der Waals surface area contributed by atoms with Gasteiger partial charge in [-0.25, -0.2) is 4.68 Å². The predicted octanol–water partition coefficient (Wildman–Crippen LogP) is 0.762. The first-order chi connectivity index (χ1) is 10.6. The van der Waals surface area contributed by atoms with Crippen LogP contribution in [0.2, 0.25) is 0 Å². The van der Waals surface area contributed by atoms with Crippen molar-refractivity contribution in [3.8, 4) is 5.69 Å². The fourth-order valence-electron chi connectivity index (χ4n) is 2.57. The highest BCUT2D eigenvalue weighted by atomic mass is 16.2. The van der Waals surface area contributed by atoms with Crippen LogP contribution in [-0.2, 0) is 16.0 Å². The topological polar surface area (TPSA) is 67.2 Å². The Morgan fingerprint density at radius 2 is 2.09 bits per heavy atom. The van der Waals surface area contributed by atoms with E-state index in [-0.39, 0.29) is 30.8 Å². The summed E-state index contributed by atoms with van der Waals surface area (Å²) in [6, 6.07) is 11.6. The Hall–Kier alpha value is -2.63. The lowest BCUT2D eigenvalue weighted by molar-refractivity contribution is -0.138. The molecule has 1 unspecified atom stereocenters. The molecule has 0 radical (unpaired) electrons. The number of carbonyl (C=O) groups is 2. The monoisotopic (exact) mass is 298 g/mol. The fourth-order valence-corrected chi connectivity index (χ4v) is 2.57. The summed E-state index contributed by atoms with van der Waals surface area (Å²) < 4.78 is 1.74. The zero-order valence-electron chi connectivity index (χ0n) is 12.4. The van der Waals surface area contributed by atoms with Crippen LogP contribution >= 0.6 is 0 Å². The van der Waals surface area contributed by atoms with E-state index < -0.39 is 0 Å². The second-order valence-electron chi connectivity index (χ2n) is 5.51. The molecule has 22 heavy (non-hydrogen) atoms. The van der Waals surface area contributed by atoms with Crippen molar-refractivity contribution >= 4 is 11.8 Å². The van der Waals surface area contributed by atoms with Gasteiger partial charge in [-0.15, -0.1) is 0 Å². The summed E-state index contributed by atoms with van der Waals surface area (Å²) in [7, 11) is 0. The molecule has 1 saturated heterocycles. The molecule has 0 bridgehead atoms. The second kappa shape index (κ2) is 6.01. The van der Waals surface area contributed by atoms with Crippen LogP contribution in [0.1, 0.15) is 12.6 Å². The van der Waals surface area contributed by atoms with Crippen molar-refractivity contribution in [2.24, 2.45) is 0 Å². The van der Waals surface area contributed by atoms with Gasteiger partial charge in [-0.2, -0.15) is 5.10 Å². The van der Waals surface area contributed by atoms with Gasteiger partial charge in [0.25, 0.3) is 0 Å². The standard InChI is InChI=1S/C16H18N4O2/c1-12-10-19(11-15(21)17-12)16(22)9-13-7-8-20(18-13)14-5-3-2-4-6-14/h2-8,12H,9-11H2,1H3,(H,17,21). The van der Waals surface area contributed by atoms with E-state index in [9.17, 15) is 9.59 Å². The summed E-state index contributed by atoms with van der Waals surface area (Å²) >= 11 is 0. The third-order valence-electron chi connectivity index (χ3n) is 3.59. The highest BCUT2D eigenvalue weighted by molar-refractivity contribution is 5.87. The molecule has 0 spiro atoms. The van der Waals surface area contributed by atoms with Gasteiger partial charge in [-0.05, 0) is 25.1 Å². The maximum Gasteiger partial charge on any atom is 0.239 e. The largest absolute Gasteiger partial charge is 0.350 e. The molecule has 6 heteroatoms. The lowest BCUT2D eigenvalue weighted by Gasteiger charge is -2.31. The molecule has 2 amide bonds. The zero-order valence-corrected chi connectivity index (χ0v) is 12.4.